The molecule has 0 aromatic heterocycles. The third-order valence-electron chi connectivity index (χ3n) is 5.37. The number of hydrogen-bond donors (Lipinski definition) is 6. The molecule has 0 bridgehead atoms. The summed E-state index contributed by atoms with van der Waals surface area (Å²) in [6.07, 6.45) is 2.10. The van der Waals surface area contributed by atoms with Gasteiger partial charge in [0.15, 0.2) is 0 Å². The predicted octanol–water partition coefficient (Wildman–Crippen LogP) is 0.790. The van der Waals surface area contributed by atoms with Crippen LogP contribution in [-0.2, 0) is 28.8 Å². The number of carboxylic acids is 2. The Bertz CT molecular complexity index is 692. The summed E-state index contributed by atoms with van der Waals surface area (Å²) < 4.78 is 0. The van der Waals surface area contributed by atoms with Crippen molar-refractivity contribution in [2.75, 3.05) is 13.1 Å². The molecule has 0 aliphatic heterocycles. The number of amides is 4. The number of carbonyl (C=O) groups is 6. The van der Waals surface area contributed by atoms with E-state index in [0.717, 1.165) is 12.8 Å². The first-order valence-electron chi connectivity index (χ1n) is 12.4. The van der Waals surface area contributed by atoms with Crippen LogP contribution >= 0.6 is 0 Å². The third-order valence-corrected chi connectivity index (χ3v) is 5.37. The van der Waals surface area contributed by atoms with Crippen LogP contribution in [0.3, 0.4) is 0 Å². The van der Waals surface area contributed by atoms with E-state index in [1.54, 1.807) is 27.7 Å². The summed E-state index contributed by atoms with van der Waals surface area (Å²) in [6.45, 7) is 8.03. The largest absolute Gasteiger partial charge is 0.481 e. The van der Waals surface area contributed by atoms with Gasteiger partial charge in [0.05, 0.1) is 12.8 Å². The lowest BCUT2D eigenvalue weighted by Crippen LogP contribution is -2.50. The second-order valence-electron chi connectivity index (χ2n) is 9.36. The number of aliphatic carboxylic acids is 2. The van der Waals surface area contributed by atoms with Gasteiger partial charge in [-0.2, -0.15) is 0 Å². The minimum absolute atomic E-state index is 0.154. The quantitative estimate of drug-likeness (QED) is 0.136. The SMILES string of the molecule is CC(C)[C@H](NC(=O)CCC(=O)O)C(=O)NCCCCCCNC(=O)[C@@H](NC(=O)CCC(=O)O)C(C)C. The van der Waals surface area contributed by atoms with E-state index >= 15 is 0 Å². The molecule has 0 unspecified atom stereocenters. The van der Waals surface area contributed by atoms with Gasteiger partial charge in [-0.25, -0.2) is 0 Å². The molecule has 6 N–H and O–H groups in total. The van der Waals surface area contributed by atoms with Crippen molar-refractivity contribution in [1.82, 2.24) is 21.3 Å². The number of nitrogens with one attached hydrogen (secondary N) is 4. The first-order valence-corrected chi connectivity index (χ1v) is 12.4. The van der Waals surface area contributed by atoms with Crippen molar-refractivity contribution in [3.05, 3.63) is 0 Å². The molecule has 0 fully saturated rings. The van der Waals surface area contributed by atoms with E-state index in [1.807, 2.05) is 0 Å². The zero-order chi connectivity index (χ0) is 27.7. The van der Waals surface area contributed by atoms with Gasteiger partial charge in [-0.1, -0.05) is 40.5 Å². The first-order chi connectivity index (χ1) is 16.8. The number of carboxylic acid groups (broad SMARTS) is 2. The maximum atomic E-state index is 12.4. The standard InChI is InChI=1S/C24H42N4O8/c1-15(2)21(27-17(29)9-11-19(31)32)23(35)25-13-7-5-6-8-14-26-24(36)22(16(3)4)28-18(30)10-12-20(33)34/h15-16,21-22H,5-14H2,1-4H3,(H,25,35)(H,26,36)(H,27,29)(H,28,30)(H,31,32)(H,33,34)/t21-,22-/m0/s1. The number of carbonyl (C=O) groups excluding carboxylic acids is 4. The topological polar surface area (TPSA) is 191 Å². The summed E-state index contributed by atoms with van der Waals surface area (Å²) in [7, 11) is 0. The Morgan fingerprint density at radius 2 is 0.889 bits per heavy atom. The molecule has 2 atom stereocenters. The Morgan fingerprint density at radius 3 is 1.17 bits per heavy atom. The van der Waals surface area contributed by atoms with E-state index in [-0.39, 0.29) is 49.3 Å². The minimum Gasteiger partial charge on any atom is -0.481 e. The van der Waals surface area contributed by atoms with Crippen molar-refractivity contribution in [3.8, 4) is 0 Å². The molecule has 0 rings (SSSR count). The second kappa shape index (κ2) is 18.1. The fourth-order valence-corrected chi connectivity index (χ4v) is 3.25. The highest BCUT2D eigenvalue weighted by atomic mass is 16.4. The van der Waals surface area contributed by atoms with Gasteiger partial charge in [-0.3, -0.25) is 28.8 Å². The molecule has 0 aromatic rings. The molecular formula is C24H42N4O8. The van der Waals surface area contributed by atoms with Gasteiger partial charge in [0.2, 0.25) is 23.6 Å². The Labute approximate surface area is 212 Å². The Kier molecular flexibility index (Phi) is 16.5. The number of rotatable bonds is 19. The van der Waals surface area contributed by atoms with E-state index in [4.69, 9.17) is 10.2 Å². The molecule has 206 valence electrons. The van der Waals surface area contributed by atoms with Gasteiger partial charge in [0.1, 0.15) is 12.1 Å². The molecule has 0 aliphatic carbocycles. The van der Waals surface area contributed by atoms with E-state index in [1.165, 1.54) is 0 Å². The van der Waals surface area contributed by atoms with Crippen molar-refractivity contribution in [1.29, 1.82) is 0 Å². The highest BCUT2D eigenvalue weighted by Crippen LogP contribution is 2.06. The second-order valence-corrected chi connectivity index (χ2v) is 9.36. The lowest BCUT2D eigenvalue weighted by Gasteiger charge is -2.22. The molecule has 0 saturated carbocycles. The molecule has 0 spiro atoms. The average Bonchev–Trinajstić information content (AvgIpc) is 2.79. The van der Waals surface area contributed by atoms with Crippen molar-refractivity contribution < 1.29 is 39.0 Å². The van der Waals surface area contributed by atoms with Crippen molar-refractivity contribution in [2.45, 2.75) is 91.1 Å². The van der Waals surface area contributed by atoms with Crippen LogP contribution in [0, 0.1) is 11.8 Å². The summed E-state index contributed by atoms with van der Waals surface area (Å²) in [6, 6.07) is -1.47. The Balaban J connectivity index is 4.19. The smallest absolute Gasteiger partial charge is 0.303 e. The number of unbranched alkanes of at least 4 members (excludes halogenated alkanes) is 3. The van der Waals surface area contributed by atoms with Gasteiger partial charge in [0, 0.05) is 25.9 Å². The Morgan fingerprint density at radius 1 is 0.556 bits per heavy atom. The summed E-state index contributed by atoms with van der Waals surface area (Å²) in [5.41, 5.74) is 0. The van der Waals surface area contributed by atoms with Crippen LogP contribution in [0.2, 0.25) is 0 Å². The van der Waals surface area contributed by atoms with Gasteiger partial charge in [-0.15, -0.1) is 0 Å². The molecule has 0 aromatic carbocycles. The zero-order valence-corrected chi connectivity index (χ0v) is 21.7. The Hall–Kier alpha value is -3.18. The minimum atomic E-state index is -1.07. The van der Waals surface area contributed by atoms with Crippen molar-refractivity contribution >= 4 is 35.6 Å². The molecule has 12 heteroatoms. The summed E-state index contributed by atoms with van der Waals surface area (Å²) >= 11 is 0. The molecule has 0 aliphatic rings. The lowest BCUT2D eigenvalue weighted by molar-refractivity contribution is -0.139. The predicted molar refractivity (Wildman–Crippen MR) is 132 cm³/mol. The number of hydrogen-bond acceptors (Lipinski definition) is 6. The summed E-state index contributed by atoms with van der Waals surface area (Å²) in [5, 5.41) is 28.1. The summed E-state index contributed by atoms with van der Waals surface area (Å²) in [4.78, 5) is 69.6. The average molecular weight is 515 g/mol. The van der Waals surface area contributed by atoms with Crippen LogP contribution in [0.25, 0.3) is 0 Å². The molecule has 0 heterocycles. The third kappa shape index (κ3) is 15.7. The molecule has 12 nitrogen and oxygen atoms in total. The fraction of sp³-hybridized carbons (Fsp3) is 0.750. The highest BCUT2D eigenvalue weighted by Gasteiger charge is 2.25. The van der Waals surface area contributed by atoms with Crippen LogP contribution < -0.4 is 21.3 Å². The van der Waals surface area contributed by atoms with Crippen LogP contribution in [0.1, 0.15) is 79.1 Å². The van der Waals surface area contributed by atoms with Gasteiger partial charge in [0.25, 0.3) is 0 Å². The fourth-order valence-electron chi connectivity index (χ4n) is 3.25. The van der Waals surface area contributed by atoms with E-state index in [2.05, 4.69) is 21.3 Å². The molecule has 0 saturated heterocycles. The molecular weight excluding hydrogens is 472 g/mol. The maximum absolute atomic E-state index is 12.4. The van der Waals surface area contributed by atoms with Crippen molar-refractivity contribution in [2.24, 2.45) is 11.8 Å². The maximum Gasteiger partial charge on any atom is 0.303 e. The summed E-state index contributed by atoms with van der Waals surface area (Å²) in [5.74, 6) is -4.04. The van der Waals surface area contributed by atoms with E-state index in [0.29, 0.717) is 25.9 Å². The van der Waals surface area contributed by atoms with E-state index in [9.17, 15) is 28.8 Å². The zero-order valence-electron chi connectivity index (χ0n) is 21.7. The van der Waals surface area contributed by atoms with Gasteiger partial charge < -0.3 is 31.5 Å². The first kappa shape index (κ1) is 32.8. The monoisotopic (exact) mass is 514 g/mol. The molecule has 36 heavy (non-hydrogen) atoms. The molecule has 0 radical (unpaired) electrons. The van der Waals surface area contributed by atoms with Crippen LogP contribution in [0.4, 0.5) is 0 Å². The van der Waals surface area contributed by atoms with Crippen LogP contribution in [-0.4, -0.2) is 71.0 Å². The van der Waals surface area contributed by atoms with E-state index < -0.39 is 35.8 Å². The van der Waals surface area contributed by atoms with Crippen molar-refractivity contribution in [3.63, 3.8) is 0 Å². The molecule has 4 amide bonds. The van der Waals surface area contributed by atoms with Crippen LogP contribution in [0.15, 0.2) is 0 Å². The highest BCUT2D eigenvalue weighted by molar-refractivity contribution is 5.89. The van der Waals surface area contributed by atoms with Crippen LogP contribution in [0.5, 0.6) is 0 Å². The van der Waals surface area contributed by atoms with Gasteiger partial charge >= 0.3 is 11.9 Å². The lowest BCUT2D eigenvalue weighted by atomic mass is 10.0. The normalized spacial score (nSPS) is 12.5. The van der Waals surface area contributed by atoms with Gasteiger partial charge in [-0.05, 0) is 24.7 Å².